The van der Waals surface area contributed by atoms with Crippen LogP contribution in [-0.4, -0.2) is 33.1 Å². The van der Waals surface area contributed by atoms with Crippen molar-refractivity contribution in [2.45, 2.75) is 12.8 Å². The Morgan fingerprint density at radius 3 is 2.38 bits per heavy atom. The number of anilines is 2. The molecule has 0 spiro atoms. The van der Waals surface area contributed by atoms with E-state index in [0.717, 1.165) is 12.8 Å². The van der Waals surface area contributed by atoms with Crippen LogP contribution in [0.5, 0.6) is 11.5 Å². The van der Waals surface area contributed by atoms with Crippen molar-refractivity contribution >= 4 is 23.2 Å². The summed E-state index contributed by atoms with van der Waals surface area (Å²) >= 11 is 0. The van der Waals surface area contributed by atoms with E-state index in [-0.39, 0.29) is 17.7 Å². The standard InChI is InChI=1S/C20H22N2O4/c1-22(20(24)13-8-9-13)16-7-5-4-6-15(16)19(23)21-14-10-11-17(25-2)18(12-14)26-3/h4-7,10-13H,8-9H2,1-3H3,(H,21,23). The Balaban J connectivity index is 1.83. The van der Waals surface area contributed by atoms with E-state index in [1.165, 1.54) is 7.11 Å². The van der Waals surface area contributed by atoms with Crippen LogP contribution in [0.1, 0.15) is 23.2 Å². The number of nitrogens with zero attached hydrogens (tertiary/aromatic N) is 1. The van der Waals surface area contributed by atoms with Crippen molar-refractivity contribution in [2.75, 3.05) is 31.5 Å². The topological polar surface area (TPSA) is 67.9 Å². The second kappa shape index (κ2) is 7.47. The molecule has 0 unspecified atom stereocenters. The number of hydrogen-bond acceptors (Lipinski definition) is 4. The van der Waals surface area contributed by atoms with Gasteiger partial charge in [0.25, 0.3) is 5.91 Å². The number of amides is 2. The number of rotatable bonds is 6. The first-order chi connectivity index (χ1) is 12.5. The van der Waals surface area contributed by atoms with Crippen molar-refractivity contribution in [2.24, 2.45) is 5.92 Å². The van der Waals surface area contributed by atoms with Gasteiger partial charge in [-0.15, -0.1) is 0 Å². The van der Waals surface area contributed by atoms with Crippen LogP contribution in [0.2, 0.25) is 0 Å². The van der Waals surface area contributed by atoms with Gasteiger partial charge in [-0.3, -0.25) is 9.59 Å². The van der Waals surface area contributed by atoms with Crippen LogP contribution < -0.4 is 19.7 Å². The number of nitrogens with one attached hydrogen (secondary N) is 1. The van der Waals surface area contributed by atoms with E-state index in [1.54, 1.807) is 55.5 Å². The second-order valence-electron chi connectivity index (χ2n) is 6.21. The Hall–Kier alpha value is -3.02. The highest BCUT2D eigenvalue weighted by molar-refractivity contribution is 6.11. The van der Waals surface area contributed by atoms with Gasteiger partial charge in [0.2, 0.25) is 5.91 Å². The van der Waals surface area contributed by atoms with Crippen LogP contribution in [0.4, 0.5) is 11.4 Å². The van der Waals surface area contributed by atoms with Gasteiger partial charge >= 0.3 is 0 Å². The van der Waals surface area contributed by atoms with Crippen molar-refractivity contribution < 1.29 is 19.1 Å². The highest BCUT2D eigenvalue weighted by atomic mass is 16.5. The molecule has 0 heterocycles. The Bertz CT molecular complexity index is 830. The molecule has 0 radical (unpaired) electrons. The van der Waals surface area contributed by atoms with Gasteiger partial charge in [0.05, 0.1) is 25.5 Å². The summed E-state index contributed by atoms with van der Waals surface area (Å²) in [5.74, 6) is 0.960. The molecule has 2 aromatic carbocycles. The maximum Gasteiger partial charge on any atom is 0.257 e. The van der Waals surface area contributed by atoms with Crippen LogP contribution in [0, 0.1) is 5.92 Å². The zero-order valence-electron chi connectivity index (χ0n) is 15.1. The molecule has 1 aliphatic carbocycles. The Morgan fingerprint density at radius 2 is 1.73 bits per heavy atom. The van der Waals surface area contributed by atoms with Gasteiger partial charge in [0.1, 0.15) is 0 Å². The largest absolute Gasteiger partial charge is 0.493 e. The van der Waals surface area contributed by atoms with Gasteiger partial charge in [-0.05, 0) is 37.1 Å². The number of carbonyl (C=O) groups is 2. The van der Waals surface area contributed by atoms with E-state index >= 15 is 0 Å². The summed E-state index contributed by atoms with van der Waals surface area (Å²) in [5, 5.41) is 2.85. The molecular weight excluding hydrogens is 332 g/mol. The molecule has 136 valence electrons. The van der Waals surface area contributed by atoms with E-state index in [1.807, 2.05) is 6.07 Å². The van der Waals surface area contributed by atoms with E-state index in [4.69, 9.17) is 9.47 Å². The lowest BCUT2D eigenvalue weighted by Crippen LogP contribution is -2.29. The summed E-state index contributed by atoms with van der Waals surface area (Å²) in [4.78, 5) is 26.7. The van der Waals surface area contributed by atoms with Crippen LogP contribution in [0.3, 0.4) is 0 Å². The zero-order valence-corrected chi connectivity index (χ0v) is 15.1. The third kappa shape index (κ3) is 3.64. The lowest BCUT2D eigenvalue weighted by Gasteiger charge is -2.20. The molecule has 1 N–H and O–H groups in total. The smallest absolute Gasteiger partial charge is 0.257 e. The van der Waals surface area contributed by atoms with Crippen molar-refractivity contribution in [1.82, 2.24) is 0 Å². The number of hydrogen-bond donors (Lipinski definition) is 1. The first-order valence-corrected chi connectivity index (χ1v) is 8.45. The molecule has 6 heteroatoms. The minimum absolute atomic E-state index is 0.0522. The van der Waals surface area contributed by atoms with Gasteiger partial charge in [-0.1, -0.05) is 12.1 Å². The molecule has 3 rings (SSSR count). The molecule has 1 aliphatic rings. The highest BCUT2D eigenvalue weighted by Crippen LogP contribution is 2.33. The fourth-order valence-corrected chi connectivity index (χ4v) is 2.79. The monoisotopic (exact) mass is 354 g/mol. The molecule has 0 aromatic heterocycles. The third-order valence-corrected chi connectivity index (χ3v) is 4.41. The number of para-hydroxylation sites is 1. The molecule has 0 atom stereocenters. The first kappa shape index (κ1) is 17.8. The average Bonchev–Trinajstić information content (AvgIpc) is 3.52. The maximum atomic E-state index is 12.8. The van der Waals surface area contributed by atoms with Gasteiger partial charge in [0, 0.05) is 24.7 Å². The lowest BCUT2D eigenvalue weighted by atomic mass is 10.1. The van der Waals surface area contributed by atoms with E-state index in [2.05, 4.69) is 5.32 Å². The second-order valence-corrected chi connectivity index (χ2v) is 6.21. The molecule has 26 heavy (non-hydrogen) atoms. The lowest BCUT2D eigenvalue weighted by molar-refractivity contribution is -0.119. The van der Waals surface area contributed by atoms with Crippen molar-refractivity contribution in [3.63, 3.8) is 0 Å². The van der Waals surface area contributed by atoms with Crippen LogP contribution in [-0.2, 0) is 4.79 Å². The van der Waals surface area contributed by atoms with Crippen molar-refractivity contribution in [3.8, 4) is 11.5 Å². The predicted molar refractivity (Wildman–Crippen MR) is 100 cm³/mol. The SMILES string of the molecule is COc1ccc(NC(=O)c2ccccc2N(C)C(=O)C2CC2)cc1OC. The van der Waals surface area contributed by atoms with Crippen molar-refractivity contribution in [3.05, 3.63) is 48.0 Å². The minimum atomic E-state index is -0.289. The molecule has 6 nitrogen and oxygen atoms in total. The first-order valence-electron chi connectivity index (χ1n) is 8.45. The highest BCUT2D eigenvalue weighted by Gasteiger charge is 2.33. The van der Waals surface area contributed by atoms with Gasteiger partial charge in [-0.2, -0.15) is 0 Å². The van der Waals surface area contributed by atoms with E-state index in [0.29, 0.717) is 28.4 Å². The summed E-state index contributed by atoms with van der Waals surface area (Å²) in [5.41, 5.74) is 1.62. The van der Waals surface area contributed by atoms with E-state index < -0.39 is 0 Å². The fourth-order valence-electron chi connectivity index (χ4n) is 2.79. The molecular formula is C20H22N2O4. The summed E-state index contributed by atoms with van der Waals surface area (Å²) in [7, 11) is 4.81. The number of benzene rings is 2. The quantitative estimate of drug-likeness (QED) is 0.864. The minimum Gasteiger partial charge on any atom is -0.493 e. The molecule has 2 aromatic rings. The third-order valence-electron chi connectivity index (χ3n) is 4.41. The molecule has 1 fully saturated rings. The molecule has 0 aliphatic heterocycles. The summed E-state index contributed by atoms with van der Waals surface area (Å²) in [6.45, 7) is 0. The van der Waals surface area contributed by atoms with Gasteiger partial charge in [-0.25, -0.2) is 0 Å². The Labute approximate surface area is 152 Å². The van der Waals surface area contributed by atoms with Crippen LogP contribution in [0.15, 0.2) is 42.5 Å². The number of methoxy groups -OCH3 is 2. The zero-order chi connectivity index (χ0) is 18.7. The average molecular weight is 354 g/mol. The molecule has 0 bridgehead atoms. The molecule has 2 amide bonds. The Kier molecular flexibility index (Phi) is 5.11. The van der Waals surface area contributed by atoms with Crippen LogP contribution in [0.25, 0.3) is 0 Å². The maximum absolute atomic E-state index is 12.8. The molecule has 0 saturated heterocycles. The predicted octanol–water partition coefficient (Wildman–Crippen LogP) is 3.33. The number of ether oxygens (including phenoxy) is 2. The summed E-state index contributed by atoms with van der Waals surface area (Å²) < 4.78 is 10.5. The van der Waals surface area contributed by atoms with Gasteiger partial charge < -0.3 is 19.7 Å². The normalized spacial score (nSPS) is 13.0. The fraction of sp³-hybridized carbons (Fsp3) is 0.300. The number of carbonyl (C=O) groups excluding carboxylic acids is 2. The summed E-state index contributed by atoms with van der Waals surface area (Å²) in [6, 6.07) is 12.2. The van der Waals surface area contributed by atoms with E-state index in [9.17, 15) is 9.59 Å². The molecule has 1 saturated carbocycles. The van der Waals surface area contributed by atoms with Crippen LogP contribution >= 0.6 is 0 Å². The van der Waals surface area contributed by atoms with Crippen molar-refractivity contribution in [1.29, 1.82) is 0 Å². The summed E-state index contributed by atoms with van der Waals surface area (Å²) in [6.07, 6.45) is 1.84. The van der Waals surface area contributed by atoms with Gasteiger partial charge in [0.15, 0.2) is 11.5 Å². The Morgan fingerprint density at radius 1 is 1.04 bits per heavy atom.